The molecule has 0 radical (unpaired) electrons. The van der Waals surface area contributed by atoms with Crippen molar-refractivity contribution in [1.82, 2.24) is 5.32 Å². The van der Waals surface area contributed by atoms with Crippen molar-refractivity contribution in [2.24, 2.45) is 0 Å². The summed E-state index contributed by atoms with van der Waals surface area (Å²) < 4.78 is 44.6. The zero-order chi connectivity index (χ0) is 19.8. The standard InChI is InChI=1S/C21H21F3N2O2/c22-21(23,24)17-4-1-3-16(12-17)20(8-2-9-20)26-19(27)25-18-6-5-15-13-28-10-7-14(15)11-18/h1,3-6,11-12H,2,7-10,13H2,(H2,25,26,27). The summed E-state index contributed by atoms with van der Waals surface area (Å²) in [6.45, 7) is 1.22. The first-order valence-corrected chi connectivity index (χ1v) is 9.32. The van der Waals surface area contributed by atoms with E-state index in [-0.39, 0.29) is 0 Å². The second kappa shape index (κ2) is 7.13. The first kappa shape index (κ1) is 18.8. The van der Waals surface area contributed by atoms with Gasteiger partial charge in [0.15, 0.2) is 0 Å². The highest BCUT2D eigenvalue weighted by molar-refractivity contribution is 5.90. The lowest BCUT2D eigenvalue weighted by atomic mass is 9.71. The normalized spacial score (nSPS) is 18.0. The van der Waals surface area contributed by atoms with Gasteiger partial charge in [0, 0.05) is 5.69 Å². The molecule has 28 heavy (non-hydrogen) atoms. The van der Waals surface area contributed by atoms with E-state index in [1.807, 2.05) is 18.2 Å². The average molecular weight is 390 g/mol. The summed E-state index contributed by atoms with van der Waals surface area (Å²) in [4.78, 5) is 12.6. The minimum atomic E-state index is -4.41. The molecular weight excluding hydrogens is 369 g/mol. The number of rotatable bonds is 3. The number of nitrogens with one attached hydrogen (secondary N) is 2. The van der Waals surface area contributed by atoms with E-state index in [0.717, 1.165) is 36.1 Å². The van der Waals surface area contributed by atoms with Crippen LogP contribution in [0.15, 0.2) is 42.5 Å². The molecule has 1 aliphatic heterocycles. The molecule has 4 nitrogen and oxygen atoms in total. The third kappa shape index (κ3) is 3.71. The predicted octanol–water partition coefficient (Wildman–Crippen LogP) is 4.98. The van der Waals surface area contributed by atoms with Crippen molar-refractivity contribution in [2.45, 2.75) is 44.0 Å². The molecule has 4 rings (SSSR count). The summed E-state index contributed by atoms with van der Waals surface area (Å²) in [5.41, 5.74) is 1.95. The van der Waals surface area contributed by atoms with Crippen LogP contribution in [-0.4, -0.2) is 12.6 Å². The molecule has 2 amide bonds. The van der Waals surface area contributed by atoms with Crippen molar-refractivity contribution in [2.75, 3.05) is 11.9 Å². The molecule has 0 spiro atoms. The maximum Gasteiger partial charge on any atom is 0.416 e. The fourth-order valence-corrected chi connectivity index (χ4v) is 3.83. The molecule has 1 fully saturated rings. The number of amides is 2. The molecular formula is C21H21F3N2O2. The van der Waals surface area contributed by atoms with Gasteiger partial charge < -0.3 is 15.4 Å². The van der Waals surface area contributed by atoms with Crippen LogP contribution in [0.3, 0.4) is 0 Å². The zero-order valence-corrected chi connectivity index (χ0v) is 15.2. The van der Waals surface area contributed by atoms with Gasteiger partial charge in [-0.2, -0.15) is 13.2 Å². The maximum atomic E-state index is 13.1. The SMILES string of the molecule is O=C(Nc1ccc2c(c1)CCOC2)NC1(c2cccc(C(F)(F)F)c2)CCC1. The Morgan fingerprint density at radius 2 is 1.89 bits per heavy atom. The minimum Gasteiger partial charge on any atom is -0.376 e. The monoisotopic (exact) mass is 390 g/mol. The molecule has 1 saturated carbocycles. The Morgan fingerprint density at radius 1 is 1.07 bits per heavy atom. The molecule has 1 heterocycles. The number of halogens is 3. The van der Waals surface area contributed by atoms with Crippen LogP contribution in [0.2, 0.25) is 0 Å². The summed E-state index contributed by atoms with van der Waals surface area (Å²) in [6, 6.07) is 10.5. The van der Waals surface area contributed by atoms with E-state index >= 15 is 0 Å². The summed E-state index contributed by atoms with van der Waals surface area (Å²) in [6.07, 6.45) is -1.53. The number of ether oxygens (including phenoxy) is 1. The highest BCUT2D eigenvalue weighted by Gasteiger charge is 2.41. The molecule has 0 aromatic heterocycles. The van der Waals surface area contributed by atoms with Gasteiger partial charge in [0.1, 0.15) is 0 Å². The lowest BCUT2D eigenvalue weighted by Crippen LogP contribution is -2.52. The largest absolute Gasteiger partial charge is 0.416 e. The van der Waals surface area contributed by atoms with Crippen molar-refractivity contribution < 1.29 is 22.7 Å². The topological polar surface area (TPSA) is 50.4 Å². The smallest absolute Gasteiger partial charge is 0.376 e. The summed E-state index contributed by atoms with van der Waals surface area (Å²) >= 11 is 0. The van der Waals surface area contributed by atoms with Gasteiger partial charge >= 0.3 is 12.2 Å². The first-order valence-electron chi connectivity index (χ1n) is 9.32. The molecule has 1 aliphatic carbocycles. The Labute approximate surface area is 161 Å². The van der Waals surface area contributed by atoms with Crippen LogP contribution < -0.4 is 10.6 Å². The second-order valence-electron chi connectivity index (χ2n) is 7.38. The van der Waals surface area contributed by atoms with Gasteiger partial charge in [-0.3, -0.25) is 0 Å². The molecule has 2 aromatic rings. The summed E-state index contributed by atoms with van der Waals surface area (Å²) in [5, 5.41) is 5.73. The number of urea groups is 1. The third-order valence-corrected chi connectivity index (χ3v) is 5.54. The summed E-state index contributed by atoms with van der Waals surface area (Å²) in [7, 11) is 0. The Bertz CT molecular complexity index is 891. The fraction of sp³-hybridized carbons (Fsp3) is 0.381. The predicted molar refractivity (Wildman–Crippen MR) is 98.9 cm³/mol. The van der Waals surface area contributed by atoms with Crippen molar-refractivity contribution in [1.29, 1.82) is 0 Å². The number of benzene rings is 2. The molecule has 2 aliphatic rings. The highest BCUT2D eigenvalue weighted by Crippen LogP contribution is 2.43. The van der Waals surface area contributed by atoms with Crippen LogP contribution >= 0.6 is 0 Å². The van der Waals surface area contributed by atoms with E-state index in [0.29, 0.717) is 37.3 Å². The van der Waals surface area contributed by atoms with Gasteiger partial charge in [0.2, 0.25) is 0 Å². The first-order chi connectivity index (χ1) is 13.4. The van der Waals surface area contributed by atoms with Gasteiger partial charge in [-0.15, -0.1) is 0 Å². The average Bonchev–Trinajstić information content (AvgIpc) is 2.64. The number of alkyl halides is 3. The molecule has 2 aromatic carbocycles. The Hall–Kier alpha value is -2.54. The van der Waals surface area contributed by atoms with Crippen molar-refractivity contribution in [3.63, 3.8) is 0 Å². The number of fused-ring (bicyclic) bond motifs is 1. The Morgan fingerprint density at radius 3 is 2.61 bits per heavy atom. The summed E-state index contributed by atoms with van der Waals surface area (Å²) in [5.74, 6) is 0. The third-order valence-electron chi connectivity index (χ3n) is 5.54. The van der Waals surface area contributed by atoms with Crippen LogP contribution in [0.25, 0.3) is 0 Å². The number of carbonyl (C=O) groups is 1. The van der Waals surface area contributed by atoms with E-state index in [2.05, 4.69) is 10.6 Å². The van der Waals surface area contributed by atoms with Crippen LogP contribution in [0.4, 0.5) is 23.7 Å². The number of hydrogen-bond acceptors (Lipinski definition) is 2. The van der Waals surface area contributed by atoms with Crippen molar-refractivity contribution in [3.05, 3.63) is 64.7 Å². The second-order valence-corrected chi connectivity index (χ2v) is 7.38. The lowest BCUT2D eigenvalue weighted by molar-refractivity contribution is -0.137. The number of carbonyl (C=O) groups excluding carboxylic acids is 1. The van der Waals surface area contributed by atoms with E-state index in [4.69, 9.17) is 4.74 Å². The Kier molecular flexibility index (Phi) is 4.79. The van der Waals surface area contributed by atoms with Crippen LogP contribution in [-0.2, 0) is 29.5 Å². The molecule has 0 bridgehead atoms. The molecule has 0 atom stereocenters. The highest BCUT2D eigenvalue weighted by atomic mass is 19.4. The van der Waals surface area contributed by atoms with Gasteiger partial charge in [-0.05, 0) is 66.6 Å². The molecule has 7 heteroatoms. The van der Waals surface area contributed by atoms with E-state index in [9.17, 15) is 18.0 Å². The lowest BCUT2D eigenvalue weighted by Gasteiger charge is -2.43. The number of hydrogen-bond donors (Lipinski definition) is 2. The fourth-order valence-electron chi connectivity index (χ4n) is 3.83. The molecule has 148 valence electrons. The van der Waals surface area contributed by atoms with Crippen LogP contribution in [0, 0.1) is 0 Å². The van der Waals surface area contributed by atoms with Gasteiger partial charge in [0.25, 0.3) is 0 Å². The Balaban J connectivity index is 1.50. The van der Waals surface area contributed by atoms with Gasteiger partial charge in [-0.1, -0.05) is 18.2 Å². The molecule has 2 N–H and O–H groups in total. The van der Waals surface area contributed by atoms with Crippen LogP contribution in [0.5, 0.6) is 0 Å². The van der Waals surface area contributed by atoms with Crippen molar-refractivity contribution in [3.8, 4) is 0 Å². The van der Waals surface area contributed by atoms with Crippen molar-refractivity contribution >= 4 is 11.7 Å². The zero-order valence-electron chi connectivity index (χ0n) is 15.2. The van der Waals surface area contributed by atoms with E-state index in [1.165, 1.54) is 6.07 Å². The van der Waals surface area contributed by atoms with E-state index < -0.39 is 23.3 Å². The number of anilines is 1. The van der Waals surface area contributed by atoms with E-state index in [1.54, 1.807) is 6.07 Å². The molecule has 0 saturated heterocycles. The van der Waals surface area contributed by atoms with Gasteiger partial charge in [0.05, 0.1) is 24.3 Å². The minimum absolute atomic E-state index is 0.413. The quantitative estimate of drug-likeness (QED) is 0.777. The maximum absolute atomic E-state index is 13.1. The van der Waals surface area contributed by atoms with Crippen LogP contribution in [0.1, 0.15) is 41.5 Å². The molecule has 0 unspecified atom stereocenters. The van der Waals surface area contributed by atoms with Gasteiger partial charge in [-0.25, -0.2) is 4.79 Å².